The molecule has 0 N–H and O–H groups in total. The molecule has 3 aromatic rings. The van der Waals surface area contributed by atoms with Crippen LogP contribution in [0.2, 0.25) is 0 Å². The van der Waals surface area contributed by atoms with Crippen molar-refractivity contribution in [3.63, 3.8) is 0 Å². The lowest BCUT2D eigenvalue weighted by Gasteiger charge is -2.34. The summed E-state index contributed by atoms with van der Waals surface area (Å²) in [4.78, 5) is 38.4. The molecule has 2 aliphatic heterocycles. The van der Waals surface area contributed by atoms with Crippen LogP contribution in [0.3, 0.4) is 0 Å². The fraction of sp³-hybridized carbons (Fsp3) is 0.308. The van der Waals surface area contributed by atoms with Gasteiger partial charge in [-0.25, -0.2) is 4.98 Å². The number of nitrogens with zero attached hydrogens (tertiary/aromatic N) is 5. The molecule has 2 aliphatic rings. The van der Waals surface area contributed by atoms with Crippen molar-refractivity contribution >= 4 is 51.7 Å². The summed E-state index contributed by atoms with van der Waals surface area (Å²) in [5.74, 6) is 0.473. The highest BCUT2D eigenvalue weighted by atomic mass is 32.2. The van der Waals surface area contributed by atoms with Crippen LogP contribution in [-0.4, -0.2) is 69.2 Å². The largest absolute Gasteiger partial charge is 0.353 e. The standard InChI is InChI=1S/C26H27N5O2S2/c1-18-7-6-11-30-22(18)27-23(29-15-13-28(2)14-16-29)20(24(30)32)17-21-25(33)31(26(34)35-21)12-10-19-8-4-3-5-9-19/h3-9,11,17H,10,12-16H2,1-2H3/b21-17+. The van der Waals surface area contributed by atoms with E-state index in [0.29, 0.717) is 39.2 Å². The number of fused-ring (bicyclic) bond motifs is 1. The molecule has 4 heterocycles. The van der Waals surface area contributed by atoms with Gasteiger partial charge in [-0.2, -0.15) is 0 Å². The van der Waals surface area contributed by atoms with Crippen molar-refractivity contribution in [2.45, 2.75) is 13.3 Å². The number of thioether (sulfide) groups is 1. The molecule has 2 aromatic heterocycles. The second-order valence-electron chi connectivity index (χ2n) is 8.90. The van der Waals surface area contributed by atoms with Gasteiger partial charge in [-0.15, -0.1) is 0 Å². The number of aromatic nitrogens is 2. The molecular formula is C26H27N5O2S2. The van der Waals surface area contributed by atoms with E-state index in [9.17, 15) is 9.59 Å². The Labute approximate surface area is 214 Å². The highest BCUT2D eigenvalue weighted by Crippen LogP contribution is 2.34. The van der Waals surface area contributed by atoms with Crippen molar-refractivity contribution in [2.24, 2.45) is 0 Å². The van der Waals surface area contributed by atoms with Crippen molar-refractivity contribution in [1.82, 2.24) is 19.2 Å². The summed E-state index contributed by atoms with van der Waals surface area (Å²) < 4.78 is 2.08. The number of piperazine rings is 1. The van der Waals surface area contributed by atoms with E-state index in [0.717, 1.165) is 37.3 Å². The first-order valence-corrected chi connectivity index (χ1v) is 12.9. The maximum atomic E-state index is 13.7. The van der Waals surface area contributed by atoms with E-state index in [1.807, 2.05) is 49.4 Å². The lowest BCUT2D eigenvalue weighted by molar-refractivity contribution is -0.122. The average molecular weight is 506 g/mol. The molecule has 2 saturated heterocycles. The molecule has 1 aromatic carbocycles. The second kappa shape index (κ2) is 9.93. The van der Waals surface area contributed by atoms with Crippen molar-refractivity contribution in [1.29, 1.82) is 0 Å². The summed E-state index contributed by atoms with van der Waals surface area (Å²) in [7, 11) is 2.09. The predicted molar refractivity (Wildman–Crippen MR) is 146 cm³/mol. The molecule has 9 heteroatoms. The van der Waals surface area contributed by atoms with Crippen LogP contribution in [0.1, 0.15) is 16.7 Å². The van der Waals surface area contributed by atoms with Crippen molar-refractivity contribution in [3.8, 4) is 0 Å². The molecule has 7 nitrogen and oxygen atoms in total. The minimum Gasteiger partial charge on any atom is -0.353 e. The number of pyridine rings is 1. The summed E-state index contributed by atoms with van der Waals surface area (Å²) in [5.41, 5.74) is 2.97. The van der Waals surface area contributed by atoms with Gasteiger partial charge in [-0.1, -0.05) is 60.4 Å². The molecule has 2 fully saturated rings. The van der Waals surface area contributed by atoms with Crippen molar-refractivity contribution in [3.05, 3.63) is 80.6 Å². The Balaban J connectivity index is 1.52. The molecule has 35 heavy (non-hydrogen) atoms. The summed E-state index contributed by atoms with van der Waals surface area (Å²) in [6.07, 6.45) is 4.14. The van der Waals surface area contributed by atoms with Gasteiger partial charge in [0, 0.05) is 38.9 Å². The number of thiocarbonyl (C=S) groups is 1. The zero-order chi connectivity index (χ0) is 24.5. The van der Waals surface area contributed by atoms with E-state index in [2.05, 4.69) is 16.8 Å². The van der Waals surface area contributed by atoms with Crippen LogP contribution in [0.25, 0.3) is 11.7 Å². The first-order chi connectivity index (χ1) is 16.9. The van der Waals surface area contributed by atoms with Gasteiger partial charge in [-0.3, -0.25) is 18.9 Å². The van der Waals surface area contributed by atoms with E-state index in [-0.39, 0.29) is 11.5 Å². The first-order valence-electron chi connectivity index (χ1n) is 11.7. The Morgan fingerprint density at radius 3 is 2.54 bits per heavy atom. The van der Waals surface area contributed by atoms with Crippen LogP contribution in [0.5, 0.6) is 0 Å². The molecule has 0 bridgehead atoms. The van der Waals surface area contributed by atoms with Gasteiger partial charge < -0.3 is 9.80 Å². The van der Waals surface area contributed by atoms with Gasteiger partial charge in [0.15, 0.2) is 0 Å². The lowest BCUT2D eigenvalue weighted by atomic mass is 10.1. The summed E-state index contributed by atoms with van der Waals surface area (Å²) in [6, 6.07) is 13.8. The average Bonchev–Trinajstić information content (AvgIpc) is 3.13. The Morgan fingerprint density at radius 1 is 1.06 bits per heavy atom. The zero-order valence-electron chi connectivity index (χ0n) is 19.8. The van der Waals surface area contributed by atoms with E-state index < -0.39 is 0 Å². The maximum Gasteiger partial charge on any atom is 0.267 e. The SMILES string of the molecule is Cc1cccn2c(=O)c(/C=C3/SC(=S)N(CCc4ccccc4)C3=O)c(N3CCN(C)CC3)nc12. The fourth-order valence-corrected chi connectivity index (χ4v) is 5.69. The third kappa shape index (κ3) is 4.76. The number of hydrogen-bond donors (Lipinski definition) is 0. The Bertz CT molecular complexity index is 1380. The normalized spacial score (nSPS) is 18.3. The number of carbonyl (C=O) groups excluding carboxylic acids is 1. The minimum atomic E-state index is -0.179. The highest BCUT2D eigenvalue weighted by Gasteiger charge is 2.33. The molecule has 0 atom stereocenters. The first kappa shape index (κ1) is 23.7. The van der Waals surface area contributed by atoms with Gasteiger partial charge in [-0.05, 0) is 43.7 Å². The van der Waals surface area contributed by atoms with Gasteiger partial charge >= 0.3 is 0 Å². The monoisotopic (exact) mass is 505 g/mol. The predicted octanol–water partition coefficient (Wildman–Crippen LogP) is 3.20. The number of benzene rings is 1. The Kier molecular flexibility index (Phi) is 6.73. The number of hydrogen-bond acceptors (Lipinski definition) is 7. The number of carbonyl (C=O) groups is 1. The van der Waals surface area contributed by atoms with E-state index in [1.54, 1.807) is 21.6 Å². The molecular weight excluding hydrogens is 478 g/mol. The van der Waals surface area contributed by atoms with E-state index in [1.165, 1.54) is 11.8 Å². The minimum absolute atomic E-state index is 0.158. The van der Waals surface area contributed by atoms with Crippen LogP contribution >= 0.6 is 24.0 Å². The quantitative estimate of drug-likeness (QED) is 0.390. The molecule has 5 rings (SSSR count). The Morgan fingerprint density at radius 2 is 1.80 bits per heavy atom. The Hall–Kier alpha value is -3.01. The molecule has 0 spiro atoms. The topological polar surface area (TPSA) is 61.2 Å². The smallest absolute Gasteiger partial charge is 0.267 e. The maximum absolute atomic E-state index is 13.7. The van der Waals surface area contributed by atoms with Crippen LogP contribution in [-0.2, 0) is 11.2 Å². The lowest BCUT2D eigenvalue weighted by Crippen LogP contribution is -2.45. The van der Waals surface area contributed by atoms with Gasteiger partial charge in [0.2, 0.25) is 0 Å². The third-order valence-electron chi connectivity index (χ3n) is 6.48. The second-order valence-corrected chi connectivity index (χ2v) is 10.6. The summed E-state index contributed by atoms with van der Waals surface area (Å²) >= 11 is 6.79. The van der Waals surface area contributed by atoms with Crippen LogP contribution in [0.4, 0.5) is 5.82 Å². The number of aryl methyl sites for hydroxylation is 1. The van der Waals surface area contributed by atoms with Crippen molar-refractivity contribution < 1.29 is 4.79 Å². The number of amides is 1. The molecule has 0 saturated carbocycles. The van der Waals surface area contributed by atoms with Crippen LogP contribution in [0.15, 0.2) is 58.4 Å². The molecule has 0 aliphatic carbocycles. The van der Waals surface area contributed by atoms with Crippen LogP contribution < -0.4 is 10.5 Å². The summed E-state index contributed by atoms with van der Waals surface area (Å²) in [6.45, 7) is 5.76. The molecule has 0 unspecified atom stereocenters. The van der Waals surface area contributed by atoms with Crippen LogP contribution in [0, 0.1) is 6.92 Å². The fourth-order valence-electron chi connectivity index (χ4n) is 4.40. The summed E-state index contributed by atoms with van der Waals surface area (Å²) in [5, 5.41) is 0. The van der Waals surface area contributed by atoms with E-state index >= 15 is 0 Å². The highest BCUT2D eigenvalue weighted by molar-refractivity contribution is 8.26. The number of rotatable bonds is 5. The molecule has 1 amide bonds. The van der Waals surface area contributed by atoms with Gasteiger partial charge in [0.25, 0.3) is 11.5 Å². The number of anilines is 1. The third-order valence-corrected chi connectivity index (χ3v) is 7.86. The van der Waals surface area contributed by atoms with Crippen molar-refractivity contribution in [2.75, 3.05) is 44.7 Å². The molecule has 180 valence electrons. The number of likely N-dealkylation sites (N-methyl/N-ethyl adjacent to an activating group) is 1. The van der Waals surface area contributed by atoms with Gasteiger partial charge in [0.1, 0.15) is 15.8 Å². The van der Waals surface area contributed by atoms with E-state index in [4.69, 9.17) is 17.2 Å². The molecule has 0 radical (unpaired) electrons. The zero-order valence-corrected chi connectivity index (χ0v) is 21.4. The van der Waals surface area contributed by atoms with Gasteiger partial charge in [0.05, 0.1) is 10.5 Å².